The molecule has 0 aliphatic carbocycles. The Kier molecular flexibility index (Phi) is 4.56. The number of pyridine rings is 1. The molecule has 1 amide bonds. The van der Waals surface area contributed by atoms with E-state index < -0.39 is 5.60 Å². The van der Waals surface area contributed by atoms with Gasteiger partial charge in [-0.2, -0.15) is 0 Å². The number of nitrogens with zero attached hydrogens (tertiary/aromatic N) is 2. The summed E-state index contributed by atoms with van der Waals surface area (Å²) in [6.45, 7) is 5.75. The van der Waals surface area contributed by atoms with Crippen LogP contribution in [0.5, 0.6) is 0 Å². The predicted octanol–water partition coefficient (Wildman–Crippen LogP) is 3.40. The highest BCUT2D eigenvalue weighted by Gasteiger charge is 2.42. The summed E-state index contributed by atoms with van der Waals surface area (Å²) in [5.41, 5.74) is 7.13. The van der Waals surface area contributed by atoms with Gasteiger partial charge in [-0.1, -0.05) is 0 Å². The van der Waals surface area contributed by atoms with E-state index in [1.54, 1.807) is 12.4 Å². The molecule has 2 bridgehead atoms. The molecule has 1 aromatic heterocycles. The highest BCUT2D eigenvalue weighted by molar-refractivity contribution is 5.70. The summed E-state index contributed by atoms with van der Waals surface area (Å²) >= 11 is 0. The lowest BCUT2D eigenvalue weighted by Crippen LogP contribution is -2.58. The Hall–Kier alpha value is -1.98. The van der Waals surface area contributed by atoms with Crippen LogP contribution in [0, 0.1) is 0 Å². The first-order valence-electron chi connectivity index (χ1n) is 8.81. The second-order valence-corrected chi connectivity index (χ2v) is 7.90. The van der Waals surface area contributed by atoms with Gasteiger partial charge in [0.05, 0.1) is 17.6 Å². The number of piperidine rings is 2. The van der Waals surface area contributed by atoms with Gasteiger partial charge in [0, 0.05) is 24.3 Å². The van der Waals surface area contributed by atoms with E-state index in [-0.39, 0.29) is 18.2 Å². The van der Waals surface area contributed by atoms with E-state index in [0.29, 0.717) is 11.7 Å². The summed E-state index contributed by atoms with van der Waals surface area (Å²) in [5, 5.41) is 3.54. The normalized spacial score (nSPS) is 26.8. The zero-order valence-corrected chi connectivity index (χ0v) is 14.8. The van der Waals surface area contributed by atoms with Gasteiger partial charge in [0.25, 0.3) is 0 Å². The third kappa shape index (κ3) is 3.74. The molecule has 0 spiro atoms. The van der Waals surface area contributed by atoms with E-state index in [4.69, 9.17) is 10.5 Å². The van der Waals surface area contributed by atoms with E-state index in [1.165, 1.54) is 6.42 Å². The van der Waals surface area contributed by atoms with Gasteiger partial charge in [-0.15, -0.1) is 0 Å². The number of aromatic nitrogens is 1. The van der Waals surface area contributed by atoms with Gasteiger partial charge in [0.15, 0.2) is 0 Å². The van der Waals surface area contributed by atoms with Crippen LogP contribution >= 0.6 is 0 Å². The lowest BCUT2D eigenvalue weighted by molar-refractivity contribution is -0.0198. The van der Waals surface area contributed by atoms with Gasteiger partial charge in [0.2, 0.25) is 0 Å². The van der Waals surface area contributed by atoms with Crippen LogP contribution in [-0.2, 0) is 4.74 Å². The number of rotatable bonds is 2. The lowest BCUT2D eigenvalue weighted by atomic mass is 9.82. The number of hydrogen-bond donors (Lipinski definition) is 2. The molecule has 132 valence electrons. The smallest absolute Gasteiger partial charge is 0.410 e. The molecule has 24 heavy (non-hydrogen) atoms. The monoisotopic (exact) mass is 332 g/mol. The van der Waals surface area contributed by atoms with E-state index in [9.17, 15) is 4.79 Å². The Morgan fingerprint density at radius 2 is 2.00 bits per heavy atom. The SMILES string of the molecule is CC(C)(C)OC(=O)N1C2CCC[C@@H]1CC(Nc1ccncc1N)C2. The number of nitrogen functional groups attached to an aromatic ring is 1. The molecule has 1 aromatic rings. The number of carbonyl (C=O) groups excluding carboxylic acids is 1. The molecule has 2 unspecified atom stereocenters. The number of hydrogen-bond acceptors (Lipinski definition) is 5. The van der Waals surface area contributed by atoms with Crippen LogP contribution in [0.2, 0.25) is 0 Å². The quantitative estimate of drug-likeness (QED) is 0.867. The van der Waals surface area contributed by atoms with Gasteiger partial charge < -0.3 is 20.7 Å². The van der Waals surface area contributed by atoms with E-state index >= 15 is 0 Å². The average Bonchev–Trinajstić information content (AvgIpc) is 2.47. The summed E-state index contributed by atoms with van der Waals surface area (Å²) < 4.78 is 5.62. The van der Waals surface area contributed by atoms with Crippen LogP contribution in [-0.4, -0.2) is 39.7 Å². The summed E-state index contributed by atoms with van der Waals surface area (Å²) in [6.07, 6.45) is 8.36. The standard InChI is InChI=1S/C18H28N4O2/c1-18(2,3)24-17(23)22-13-5-4-6-14(22)10-12(9-13)21-16-7-8-20-11-15(16)19/h7-8,11-14H,4-6,9-10,19H2,1-3H3,(H,20,21)/t12?,13-,14?/m1/s1. The van der Waals surface area contributed by atoms with Gasteiger partial charge in [0.1, 0.15) is 5.60 Å². The van der Waals surface area contributed by atoms with Crippen LogP contribution in [0.4, 0.5) is 16.2 Å². The van der Waals surface area contributed by atoms with Gasteiger partial charge in [-0.3, -0.25) is 4.98 Å². The molecule has 2 saturated heterocycles. The summed E-state index contributed by atoms with van der Waals surface area (Å²) in [6, 6.07) is 2.72. The van der Waals surface area contributed by atoms with Crippen molar-refractivity contribution in [3.8, 4) is 0 Å². The summed E-state index contributed by atoms with van der Waals surface area (Å²) in [5.74, 6) is 0. The van der Waals surface area contributed by atoms with Crippen LogP contribution in [0.25, 0.3) is 0 Å². The zero-order valence-electron chi connectivity index (χ0n) is 14.8. The molecule has 0 aromatic carbocycles. The number of nitrogens with two attached hydrogens (primary N) is 1. The van der Waals surface area contributed by atoms with Crippen molar-refractivity contribution in [3.05, 3.63) is 18.5 Å². The number of nitrogens with one attached hydrogen (secondary N) is 1. The maximum Gasteiger partial charge on any atom is 0.410 e. The topological polar surface area (TPSA) is 80.5 Å². The first-order chi connectivity index (χ1) is 11.3. The molecule has 2 fully saturated rings. The van der Waals surface area contributed by atoms with Crippen molar-refractivity contribution in [2.75, 3.05) is 11.1 Å². The summed E-state index contributed by atoms with van der Waals surface area (Å²) in [7, 11) is 0. The first kappa shape index (κ1) is 16.9. The molecule has 6 nitrogen and oxygen atoms in total. The molecule has 3 atom stereocenters. The van der Waals surface area contributed by atoms with Crippen molar-refractivity contribution in [3.63, 3.8) is 0 Å². The van der Waals surface area contributed by atoms with Crippen LogP contribution in [0.3, 0.4) is 0 Å². The molecular weight excluding hydrogens is 304 g/mol. The number of anilines is 2. The van der Waals surface area contributed by atoms with Gasteiger partial charge in [-0.05, 0) is 58.9 Å². The van der Waals surface area contributed by atoms with Crippen molar-refractivity contribution in [1.29, 1.82) is 0 Å². The highest BCUT2D eigenvalue weighted by atomic mass is 16.6. The zero-order chi connectivity index (χ0) is 17.3. The molecule has 6 heteroatoms. The highest BCUT2D eigenvalue weighted by Crippen LogP contribution is 2.36. The molecular formula is C18H28N4O2. The minimum atomic E-state index is -0.452. The Bertz CT molecular complexity index is 585. The number of amides is 1. The largest absolute Gasteiger partial charge is 0.444 e. The average molecular weight is 332 g/mol. The van der Waals surface area contributed by atoms with Gasteiger partial charge in [-0.25, -0.2) is 4.79 Å². The van der Waals surface area contributed by atoms with E-state index in [0.717, 1.165) is 31.4 Å². The number of carbonyl (C=O) groups is 1. The van der Waals surface area contributed by atoms with Crippen LogP contribution in [0.1, 0.15) is 52.9 Å². The van der Waals surface area contributed by atoms with E-state index in [2.05, 4.69) is 10.3 Å². The fourth-order valence-electron chi connectivity index (χ4n) is 3.87. The van der Waals surface area contributed by atoms with Crippen molar-refractivity contribution in [1.82, 2.24) is 9.88 Å². The second kappa shape index (κ2) is 6.49. The third-order valence-electron chi connectivity index (χ3n) is 4.79. The molecule has 2 aliphatic heterocycles. The van der Waals surface area contributed by atoms with Crippen molar-refractivity contribution >= 4 is 17.5 Å². The summed E-state index contributed by atoms with van der Waals surface area (Å²) in [4.78, 5) is 18.6. The molecule has 3 N–H and O–H groups in total. The third-order valence-corrected chi connectivity index (χ3v) is 4.79. The van der Waals surface area contributed by atoms with E-state index in [1.807, 2.05) is 31.7 Å². The number of ether oxygens (including phenoxy) is 1. The molecule has 2 aliphatic rings. The first-order valence-corrected chi connectivity index (χ1v) is 8.81. The minimum absolute atomic E-state index is 0.168. The Morgan fingerprint density at radius 3 is 2.58 bits per heavy atom. The fourth-order valence-corrected chi connectivity index (χ4v) is 3.87. The Labute approximate surface area is 143 Å². The minimum Gasteiger partial charge on any atom is -0.444 e. The van der Waals surface area contributed by atoms with Crippen LogP contribution in [0.15, 0.2) is 18.5 Å². The molecule has 3 rings (SSSR count). The predicted molar refractivity (Wildman–Crippen MR) is 94.8 cm³/mol. The maximum absolute atomic E-state index is 12.6. The van der Waals surface area contributed by atoms with Crippen molar-refractivity contribution < 1.29 is 9.53 Å². The second-order valence-electron chi connectivity index (χ2n) is 7.90. The molecule has 0 saturated carbocycles. The van der Waals surface area contributed by atoms with Crippen molar-refractivity contribution in [2.24, 2.45) is 0 Å². The van der Waals surface area contributed by atoms with Crippen LogP contribution < -0.4 is 11.1 Å². The fraction of sp³-hybridized carbons (Fsp3) is 0.667. The number of fused-ring (bicyclic) bond motifs is 2. The molecule has 0 radical (unpaired) electrons. The Balaban J connectivity index is 1.69. The van der Waals surface area contributed by atoms with Gasteiger partial charge >= 0.3 is 6.09 Å². The van der Waals surface area contributed by atoms with Crippen molar-refractivity contribution in [2.45, 2.75) is 76.6 Å². The Morgan fingerprint density at radius 1 is 1.33 bits per heavy atom. The lowest BCUT2D eigenvalue weighted by Gasteiger charge is -2.49. The molecule has 3 heterocycles. The maximum atomic E-state index is 12.6.